The zero-order chi connectivity index (χ0) is 16.5. The summed E-state index contributed by atoms with van der Waals surface area (Å²) in [4.78, 5) is 12.6. The number of fused-ring (bicyclic) bond motifs is 3. The van der Waals surface area contributed by atoms with Crippen LogP contribution in [0.25, 0.3) is 0 Å². The average molecular weight is 316 g/mol. The third kappa shape index (κ3) is 1.90. The molecule has 0 aromatic carbocycles. The molecule has 4 aliphatic rings. The minimum absolute atomic E-state index is 0.0360. The summed E-state index contributed by atoms with van der Waals surface area (Å²) < 4.78 is 5.25. The highest BCUT2D eigenvalue weighted by molar-refractivity contribution is 5.77. The molecule has 2 bridgehead atoms. The quantitative estimate of drug-likeness (QED) is 0.495. The van der Waals surface area contributed by atoms with Crippen molar-refractivity contribution in [2.45, 2.75) is 71.6 Å². The molecule has 0 aliphatic heterocycles. The van der Waals surface area contributed by atoms with Gasteiger partial charge in [0.2, 0.25) is 0 Å². The Balaban J connectivity index is 1.73. The van der Waals surface area contributed by atoms with Crippen LogP contribution in [0.1, 0.15) is 71.6 Å². The van der Waals surface area contributed by atoms with Crippen molar-refractivity contribution in [3.8, 4) is 0 Å². The topological polar surface area (TPSA) is 26.3 Å². The Morgan fingerprint density at radius 2 is 1.91 bits per heavy atom. The second kappa shape index (κ2) is 4.86. The number of hydrogen-bond donors (Lipinski definition) is 0. The van der Waals surface area contributed by atoms with Gasteiger partial charge in [0.1, 0.15) is 0 Å². The highest BCUT2D eigenvalue weighted by Gasteiger charge is 2.65. The molecule has 0 aromatic rings. The first-order chi connectivity index (χ1) is 10.9. The van der Waals surface area contributed by atoms with Crippen LogP contribution in [-0.4, -0.2) is 13.1 Å². The van der Waals surface area contributed by atoms with Gasteiger partial charge < -0.3 is 4.74 Å². The number of ether oxygens (including phenoxy) is 1. The van der Waals surface area contributed by atoms with Crippen LogP contribution in [0.2, 0.25) is 0 Å². The van der Waals surface area contributed by atoms with Crippen molar-refractivity contribution in [3.63, 3.8) is 0 Å². The van der Waals surface area contributed by atoms with Gasteiger partial charge in [0.15, 0.2) is 0 Å². The summed E-state index contributed by atoms with van der Waals surface area (Å²) >= 11 is 0. The third-order valence-corrected chi connectivity index (χ3v) is 8.71. The number of methoxy groups -OCH3 is 1. The lowest BCUT2D eigenvalue weighted by Crippen LogP contribution is -2.58. The van der Waals surface area contributed by atoms with Crippen molar-refractivity contribution in [1.29, 1.82) is 0 Å². The Bertz CT molecular complexity index is 552. The van der Waals surface area contributed by atoms with Gasteiger partial charge in [-0.2, -0.15) is 0 Å². The van der Waals surface area contributed by atoms with Crippen LogP contribution in [-0.2, 0) is 9.53 Å². The van der Waals surface area contributed by atoms with Crippen LogP contribution in [0, 0.1) is 34.0 Å². The molecule has 4 saturated carbocycles. The Morgan fingerprint density at radius 3 is 2.65 bits per heavy atom. The fraction of sp³-hybridized carbons (Fsp3) is 0.857. The standard InChI is InChI=1S/C21H32O2/c1-14-12-21-11-8-16-19(2,17(21)7-6-15(14)13-21)9-5-10-20(16,3)18(22)23-4/h15-17H,1,5-13H2,2-4H3/t15-,16-,17-,19+,20+,21+/m1/s1. The van der Waals surface area contributed by atoms with Gasteiger partial charge >= 0.3 is 5.97 Å². The summed E-state index contributed by atoms with van der Waals surface area (Å²) in [7, 11) is 1.57. The molecule has 0 saturated heterocycles. The van der Waals surface area contributed by atoms with Crippen molar-refractivity contribution in [2.75, 3.05) is 7.11 Å². The zero-order valence-electron chi connectivity index (χ0n) is 15.1. The molecule has 1 spiro atoms. The van der Waals surface area contributed by atoms with Gasteiger partial charge in [-0.3, -0.25) is 4.79 Å². The molecule has 2 nitrogen and oxygen atoms in total. The molecule has 128 valence electrons. The van der Waals surface area contributed by atoms with E-state index in [0.29, 0.717) is 16.7 Å². The maximum atomic E-state index is 12.6. The number of allylic oxidation sites excluding steroid dienone is 1. The van der Waals surface area contributed by atoms with E-state index in [1.54, 1.807) is 7.11 Å². The summed E-state index contributed by atoms with van der Waals surface area (Å²) in [6.07, 6.45) is 11.3. The van der Waals surface area contributed by atoms with E-state index in [9.17, 15) is 4.79 Å². The first-order valence-electron chi connectivity index (χ1n) is 9.62. The summed E-state index contributed by atoms with van der Waals surface area (Å²) in [6, 6.07) is 0. The van der Waals surface area contributed by atoms with E-state index < -0.39 is 0 Å². The van der Waals surface area contributed by atoms with Gasteiger partial charge in [-0.25, -0.2) is 0 Å². The predicted molar refractivity (Wildman–Crippen MR) is 91.8 cm³/mol. The summed E-state index contributed by atoms with van der Waals surface area (Å²) in [5.74, 6) is 2.11. The Kier molecular flexibility index (Phi) is 3.32. The van der Waals surface area contributed by atoms with E-state index in [-0.39, 0.29) is 11.4 Å². The van der Waals surface area contributed by atoms with E-state index in [1.165, 1.54) is 56.9 Å². The van der Waals surface area contributed by atoms with Crippen molar-refractivity contribution in [1.82, 2.24) is 0 Å². The number of carbonyl (C=O) groups is 1. The smallest absolute Gasteiger partial charge is 0.311 e. The lowest BCUT2D eigenvalue weighted by Gasteiger charge is -2.63. The van der Waals surface area contributed by atoms with Crippen molar-refractivity contribution < 1.29 is 9.53 Å². The van der Waals surface area contributed by atoms with Gasteiger partial charge in [0.05, 0.1) is 12.5 Å². The summed E-state index contributed by atoms with van der Waals surface area (Å²) in [6.45, 7) is 9.12. The van der Waals surface area contributed by atoms with Crippen molar-refractivity contribution in [3.05, 3.63) is 12.2 Å². The highest BCUT2D eigenvalue weighted by Crippen LogP contribution is 2.72. The van der Waals surface area contributed by atoms with Crippen LogP contribution in [0.5, 0.6) is 0 Å². The summed E-state index contributed by atoms with van der Waals surface area (Å²) in [5.41, 5.74) is 2.09. The van der Waals surface area contributed by atoms with E-state index in [4.69, 9.17) is 4.74 Å². The minimum atomic E-state index is -0.268. The Hall–Kier alpha value is -0.790. The molecule has 0 N–H and O–H groups in total. The molecular weight excluding hydrogens is 284 g/mol. The largest absolute Gasteiger partial charge is 0.469 e. The molecule has 0 radical (unpaired) electrons. The number of hydrogen-bond acceptors (Lipinski definition) is 2. The maximum Gasteiger partial charge on any atom is 0.311 e. The van der Waals surface area contributed by atoms with Crippen molar-refractivity contribution >= 4 is 5.97 Å². The van der Waals surface area contributed by atoms with Crippen LogP contribution >= 0.6 is 0 Å². The molecular formula is C21H32O2. The van der Waals surface area contributed by atoms with Crippen LogP contribution in [0.3, 0.4) is 0 Å². The van der Waals surface area contributed by atoms with E-state index in [2.05, 4.69) is 20.4 Å². The molecule has 0 heterocycles. The molecule has 0 unspecified atom stereocenters. The second-order valence-corrected chi connectivity index (χ2v) is 9.59. The average Bonchev–Trinajstić information content (AvgIpc) is 2.75. The molecule has 23 heavy (non-hydrogen) atoms. The van der Waals surface area contributed by atoms with Gasteiger partial charge in [0.25, 0.3) is 0 Å². The second-order valence-electron chi connectivity index (χ2n) is 9.59. The van der Waals surface area contributed by atoms with Crippen LogP contribution < -0.4 is 0 Å². The lowest BCUT2D eigenvalue weighted by atomic mass is 9.41. The molecule has 6 atom stereocenters. The van der Waals surface area contributed by atoms with E-state index in [1.807, 2.05) is 0 Å². The molecule has 0 amide bonds. The number of rotatable bonds is 1. The van der Waals surface area contributed by atoms with Crippen LogP contribution in [0.15, 0.2) is 12.2 Å². The molecule has 0 aromatic heterocycles. The first-order valence-corrected chi connectivity index (χ1v) is 9.62. The Labute approximate surface area is 141 Å². The fourth-order valence-corrected chi connectivity index (χ4v) is 7.83. The predicted octanol–water partition coefficient (Wildman–Crippen LogP) is 5.13. The third-order valence-electron chi connectivity index (χ3n) is 8.71. The molecule has 4 rings (SSSR count). The molecule has 2 heteroatoms. The lowest BCUT2D eigenvalue weighted by molar-refractivity contribution is -0.183. The maximum absolute atomic E-state index is 12.6. The highest BCUT2D eigenvalue weighted by atomic mass is 16.5. The fourth-order valence-electron chi connectivity index (χ4n) is 7.83. The van der Waals surface area contributed by atoms with Crippen LogP contribution in [0.4, 0.5) is 0 Å². The van der Waals surface area contributed by atoms with E-state index in [0.717, 1.165) is 18.3 Å². The minimum Gasteiger partial charge on any atom is -0.469 e. The zero-order valence-corrected chi connectivity index (χ0v) is 15.1. The SMILES string of the molecule is C=C1C[C@]23CC[C@@H]4[C@](C)(CCC[C@]4(C)C(=O)OC)[C@H]2CC[C@@H]1C3. The Morgan fingerprint density at radius 1 is 1.13 bits per heavy atom. The molecule has 4 aliphatic carbocycles. The summed E-state index contributed by atoms with van der Waals surface area (Å²) in [5, 5.41) is 0. The normalized spacial score (nSPS) is 51.8. The van der Waals surface area contributed by atoms with Gasteiger partial charge in [-0.15, -0.1) is 0 Å². The van der Waals surface area contributed by atoms with Crippen molar-refractivity contribution in [2.24, 2.45) is 34.0 Å². The molecule has 4 fully saturated rings. The van der Waals surface area contributed by atoms with Gasteiger partial charge in [0, 0.05) is 0 Å². The number of esters is 1. The van der Waals surface area contributed by atoms with Gasteiger partial charge in [-0.05, 0) is 86.9 Å². The monoisotopic (exact) mass is 316 g/mol. The van der Waals surface area contributed by atoms with E-state index >= 15 is 0 Å². The first kappa shape index (κ1) is 15.7. The van der Waals surface area contributed by atoms with Gasteiger partial charge in [-0.1, -0.05) is 25.5 Å². The number of carbonyl (C=O) groups excluding carboxylic acids is 1.